The number of rotatable bonds is 6. The van der Waals surface area contributed by atoms with Crippen LogP contribution in [0.15, 0.2) is 84.6 Å². The predicted molar refractivity (Wildman–Crippen MR) is 115 cm³/mol. The van der Waals surface area contributed by atoms with Gasteiger partial charge in [-0.2, -0.15) is 0 Å². The topological polar surface area (TPSA) is 67.4 Å². The Morgan fingerprint density at radius 3 is 2.19 bits per heavy atom. The van der Waals surface area contributed by atoms with Gasteiger partial charge in [-0.15, -0.1) is 13.2 Å². The van der Waals surface area contributed by atoms with Crippen molar-refractivity contribution in [1.82, 2.24) is 5.32 Å². The van der Waals surface area contributed by atoms with Crippen LogP contribution in [0.3, 0.4) is 0 Å². The Hall–Kier alpha value is -4.07. The minimum Gasteiger partial charge on any atom is -0.404 e. The van der Waals surface area contributed by atoms with Gasteiger partial charge in [-0.05, 0) is 48.4 Å². The van der Waals surface area contributed by atoms with Crippen LogP contribution in [-0.2, 0) is 4.79 Å². The van der Waals surface area contributed by atoms with Crippen molar-refractivity contribution in [2.45, 2.75) is 13.3 Å². The van der Waals surface area contributed by atoms with Crippen molar-refractivity contribution in [2.75, 3.05) is 5.32 Å². The van der Waals surface area contributed by atoms with Gasteiger partial charge >= 0.3 is 6.36 Å². The first-order valence-corrected chi connectivity index (χ1v) is 9.53. The van der Waals surface area contributed by atoms with Crippen molar-refractivity contribution in [3.8, 4) is 5.75 Å². The summed E-state index contributed by atoms with van der Waals surface area (Å²) in [5.74, 6) is -1.92. The second-order valence-electron chi connectivity index (χ2n) is 6.73. The van der Waals surface area contributed by atoms with Gasteiger partial charge in [-0.1, -0.05) is 54.6 Å². The van der Waals surface area contributed by atoms with Crippen molar-refractivity contribution >= 4 is 23.6 Å². The van der Waals surface area contributed by atoms with Crippen molar-refractivity contribution in [3.05, 3.63) is 101 Å². The van der Waals surface area contributed by atoms with Crippen LogP contribution < -0.4 is 15.4 Å². The molecule has 0 heterocycles. The van der Waals surface area contributed by atoms with E-state index in [1.54, 1.807) is 42.5 Å². The highest BCUT2D eigenvalue weighted by Gasteiger charge is 2.32. The molecule has 3 rings (SSSR count). The second-order valence-corrected chi connectivity index (χ2v) is 6.73. The lowest BCUT2D eigenvalue weighted by atomic mass is 10.1. The average molecular weight is 440 g/mol. The van der Waals surface area contributed by atoms with E-state index in [0.29, 0.717) is 11.1 Å². The lowest BCUT2D eigenvalue weighted by molar-refractivity contribution is -0.274. The fraction of sp³-hybridized carbons (Fsp3) is 0.0833. The van der Waals surface area contributed by atoms with Gasteiger partial charge in [-0.25, -0.2) is 0 Å². The largest absolute Gasteiger partial charge is 0.573 e. The Labute approximate surface area is 182 Å². The molecule has 8 heteroatoms. The first-order valence-electron chi connectivity index (χ1n) is 9.53. The van der Waals surface area contributed by atoms with Gasteiger partial charge in [0.2, 0.25) is 0 Å². The monoisotopic (exact) mass is 440 g/mol. The van der Waals surface area contributed by atoms with Gasteiger partial charge in [0.25, 0.3) is 11.8 Å². The molecule has 2 amide bonds. The number of aryl methyl sites for hydroxylation is 1. The Balaban J connectivity index is 1.93. The number of hydrogen-bond acceptors (Lipinski definition) is 3. The number of benzene rings is 3. The third kappa shape index (κ3) is 6.21. The molecule has 0 saturated carbocycles. The van der Waals surface area contributed by atoms with Crippen LogP contribution in [0, 0.1) is 6.92 Å². The van der Waals surface area contributed by atoms with E-state index in [4.69, 9.17) is 0 Å². The van der Waals surface area contributed by atoms with Crippen LogP contribution in [0.1, 0.15) is 21.5 Å². The molecule has 0 unspecified atom stereocenters. The SMILES string of the molecule is Cc1ccccc1C=C(NC(=O)c1ccccc1)C(=O)Nc1ccccc1OC(F)(F)F. The zero-order valence-corrected chi connectivity index (χ0v) is 16.9. The van der Waals surface area contributed by atoms with Crippen LogP contribution in [0.2, 0.25) is 0 Å². The lowest BCUT2D eigenvalue weighted by Gasteiger charge is -2.15. The number of carbonyl (C=O) groups is 2. The molecule has 0 aliphatic heterocycles. The number of amides is 2. The number of ether oxygens (including phenoxy) is 1. The fourth-order valence-electron chi connectivity index (χ4n) is 2.82. The van der Waals surface area contributed by atoms with Crippen molar-refractivity contribution in [2.24, 2.45) is 0 Å². The number of carbonyl (C=O) groups excluding carboxylic acids is 2. The molecule has 0 aromatic heterocycles. The summed E-state index contributed by atoms with van der Waals surface area (Å²) in [6.07, 6.45) is -3.47. The summed E-state index contributed by atoms with van der Waals surface area (Å²) in [6, 6.07) is 20.5. The number of hydrogen-bond donors (Lipinski definition) is 2. The Kier molecular flexibility index (Phi) is 6.94. The van der Waals surface area contributed by atoms with Crippen molar-refractivity contribution in [3.63, 3.8) is 0 Å². The van der Waals surface area contributed by atoms with E-state index in [0.717, 1.165) is 11.6 Å². The predicted octanol–water partition coefficient (Wildman–Crippen LogP) is 5.30. The van der Waals surface area contributed by atoms with Gasteiger partial charge in [0, 0.05) is 5.56 Å². The van der Waals surface area contributed by atoms with E-state index in [2.05, 4.69) is 15.4 Å². The number of para-hydroxylation sites is 2. The highest BCUT2D eigenvalue weighted by atomic mass is 19.4. The molecule has 2 N–H and O–H groups in total. The standard InChI is InChI=1S/C24H19F3N2O3/c1-16-9-5-6-12-18(16)15-20(29-22(30)17-10-3-2-4-11-17)23(31)28-19-13-7-8-14-21(19)32-24(25,26)27/h2-15H,1H3,(H,28,31)(H,29,30). The molecule has 5 nitrogen and oxygen atoms in total. The molecule has 0 fully saturated rings. The van der Waals surface area contributed by atoms with Gasteiger partial charge < -0.3 is 15.4 Å². The lowest BCUT2D eigenvalue weighted by Crippen LogP contribution is -2.31. The minimum atomic E-state index is -4.93. The average Bonchev–Trinajstić information content (AvgIpc) is 2.75. The maximum absolute atomic E-state index is 13.0. The molecular weight excluding hydrogens is 421 g/mol. The molecule has 0 spiro atoms. The molecule has 0 atom stereocenters. The van der Waals surface area contributed by atoms with Crippen molar-refractivity contribution < 1.29 is 27.5 Å². The zero-order chi connectivity index (χ0) is 23.1. The summed E-state index contributed by atoms with van der Waals surface area (Å²) in [4.78, 5) is 25.6. The van der Waals surface area contributed by atoms with E-state index in [9.17, 15) is 22.8 Å². The van der Waals surface area contributed by atoms with Crippen LogP contribution in [-0.4, -0.2) is 18.2 Å². The maximum Gasteiger partial charge on any atom is 0.573 e. The molecule has 0 radical (unpaired) electrons. The van der Waals surface area contributed by atoms with Gasteiger partial charge in [0.15, 0.2) is 5.75 Å². The van der Waals surface area contributed by atoms with Crippen LogP contribution >= 0.6 is 0 Å². The summed E-state index contributed by atoms with van der Waals surface area (Å²) in [6.45, 7) is 1.83. The molecule has 0 saturated heterocycles. The van der Waals surface area contributed by atoms with E-state index < -0.39 is 23.9 Å². The van der Waals surface area contributed by atoms with E-state index in [-0.39, 0.29) is 11.4 Å². The van der Waals surface area contributed by atoms with Crippen molar-refractivity contribution in [1.29, 1.82) is 0 Å². The Morgan fingerprint density at radius 1 is 0.875 bits per heavy atom. The van der Waals surface area contributed by atoms with Gasteiger partial charge in [0.05, 0.1) is 5.69 Å². The number of halogens is 3. The Morgan fingerprint density at radius 2 is 1.50 bits per heavy atom. The molecule has 3 aromatic carbocycles. The van der Waals surface area contributed by atoms with E-state index in [1.165, 1.54) is 24.3 Å². The van der Waals surface area contributed by atoms with Crippen LogP contribution in [0.5, 0.6) is 5.75 Å². The number of anilines is 1. The maximum atomic E-state index is 13.0. The summed E-state index contributed by atoms with van der Waals surface area (Å²) >= 11 is 0. The molecule has 32 heavy (non-hydrogen) atoms. The molecule has 0 aliphatic carbocycles. The summed E-state index contributed by atoms with van der Waals surface area (Å²) in [5.41, 5.74) is 1.48. The Bertz CT molecular complexity index is 1140. The number of alkyl halides is 3. The smallest absolute Gasteiger partial charge is 0.404 e. The first-order chi connectivity index (χ1) is 15.2. The van der Waals surface area contributed by atoms with E-state index in [1.807, 2.05) is 19.1 Å². The zero-order valence-electron chi connectivity index (χ0n) is 16.9. The van der Waals surface area contributed by atoms with Gasteiger partial charge in [0.1, 0.15) is 5.70 Å². The summed E-state index contributed by atoms with van der Waals surface area (Å²) < 4.78 is 42.1. The molecular formula is C24H19F3N2O3. The summed E-state index contributed by atoms with van der Waals surface area (Å²) in [7, 11) is 0. The normalized spacial score (nSPS) is 11.6. The quantitative estimate of drug-likeness (QED) is 0.511. The first kappa shape index (κ1) is 22.6. The second kappa shape index (κ2) is 9.82. The fourth-order valence-corrected chi connectivity index (χ4v) is 2.82. The molecule has 0 aliphatic rings. The highest BCUT2D eigenvalue weighted by molar-refractivity contribution is 6.11. The van der Waals surface area contributed by atoms with Gasteiger partial charge in [-0.3, -0.25) is 9.59 Å². The third-order valence-corrected chi connectivity index (χ3v) is 4.38. The summed E-state index contributed by atoms with van der Waals surface area (Å²) in [5, 5.41) is 4.93. The highest BCUT2D eigenvalue weighted by Crippen LogP contribution is 2.30. The van der Waals surface area contributed by atoms with E-state index >= 15 is 0 Å². The number of nitrogens with one attached hydrogen (secondary N) is 2. The van der Waals surface area contributed by atoms with Crippen LogP contribution in [0.4, 0.5) is 18.9 Å². The minimum absolute atomic E-state index is 0.144. The van der Waals surface area contributed by atoms with Crippen LogP contribution in [0.25, 0.3) is 6.08 Å². The molecule has 0 bridgehead atoms. The third-order valence-electron chi connectivity index (χ3n) is 4.38. The molecule has 164 valence electrons. The molecule has 3 aromatic rings.